The molecule has 6 rings (SSSR count). The number of hydrogen-bond donors (Lipinski definition) is 1. The molecule has 0 aliphatic heterocycles. The van der Waals surface area contributed by atoms with Crippen molar-refractivity contribution in [1.29, 1.82) is 0 Å². The molecule has 0 amide bonds. The molecule has 0 radical (unpaired) electrons. The first-order chi connectivity index (χ1) is 38.9. The van der Waals surface area contributed by atoms with E-state index in [-0.39, 0.29) is 51.2 Å². The minimum Gasteiger partial charge on any atom is -0.457 e. The van der Waals surface area contributed by atoms with Crippen LogP contribution in [0.3, 0.4) is 0 Å². The van der Waals surface area contributed by atoms with Gasteiger partial charge in [0.15, 0.2) is 8.32 Å². The maximum absolute atomic E-state index is 10.5. The van der Waals surface area contributed by atoms with Gasteiger partial charge in [-0.1, -0.05) is 182 Å². The molecule has 9 heteroatoms. The number of aryl methyl sites for hydroxylation is 6. The van der Waals surface area contributed by atoms with Crippen molar-refractivity contribution in [2.24, 2.45) is 10.8 Å². The second-order valence-corrected chi connectivity index (χ2v) is 31.0. The van der Waals surface area contributed by atoms with E-state index < -0.39 is 8.32 Å². The van der Waals surface area contributed by atoms with Crippen LogP contribution in [0, 0.1) is 38.5 Å². The van der Waals surface area contributed by atoms with Crippen LogP contribution in [0.25, 0.3) is 34.8 Å². The molecule has 2 unspecified atom stereocenters. The molecular formula is C74H102O8Si. The molecular weight excluding hydrogens is 1040 g/mol. The average molecular weight is 1150 g/mol. The number of allylic oxidation sites excluding steroid dienone is 1. The molecule has 83 heavy (non-hydrogen) atoms. The van der Waals surface area contributed by atoms with Gasteiger partial charge in [0.05, 0.1) is 12.2 Å². The maximum atomic E-state index is 10.5. The fourth-order valence-corrected chi connectivity index (χ4v) is 12.7. The topological polar surface area (TPSA) is 124 Å². The highest BCUT2D eigenvalue weighted by atomic mass is 28.4. The lowest BCUT2D eigenvalue weighted by molar-refractivity contribution is -0.193. The molecule has 0 saturated heterocycles. The zero-order valence-corrected chi connectivity index (χ0v) is 55.5. The van der Waals surface area contributed by atoms with E-state index in [9.17, 15) is 5.11 Å². The predicted molar refractivity (Wildman–Crippen MR) is 346 cm³/mol. The maximum Gasteiger partial charge on any atom is 0.373 e. The van der Waals surface area contributed by atoms with Crippen LogP contribution in [-0.4, -0.2) is 37.9 Å². The van der Waals surface area contributed by atoms with Gasteiger partial charge >= 0.3 is 12.3 Å². The first-order valence-electron chi connectivity index (χ1n) is 30.1. The molecule has 2 atom stereocenters. The largest absolute Gasteiger partial charge is 0.457 e. The Morgan fingerprint density at radius 3 is 1.24 bits per heavy atom. The predicted octanol–water partition coefficient (Wildman–Crippen LogP) is 19.9. The zero-order valence-electron chi connectivity index (χ0n) is 54.5. The summed E-state index contributed by atoms with van der Waals surface area (Å²) < 4.78 is 19.1. The third kappa shape index (κ3) is 18.4. The van der Waals surface area contributed by atoms with Crippen LogP contribution < -0.4 is 0 Å². The molecule has 8 nitrogen and oxygen atoms in total. The summed E-state index contributed by atoms with van der Waals surface area (Å²) in [7, 11) is -1.85. The van der Waals surface area contributed by atoms with E-state index in [1.165, 1.54) is 61.2 Å². The number of hydrogen-bond acceptors (Lipinski definition) is 8. The SMILES string of the molecule is C=Cc1ccc(-c2ccc(C(CC)(CC)c3ccc(CCC(O)C(C)(C)C)c(C)c3)cc2C)o1.CC/C=C/c1ccc(-c2ccc(C(CC)(CC)c3ccc(CCC(O[Si](C)(C)C(C)(C)C)C(C)(C)C)c(C)c3)cc2C)o1.O=C=O.O=C=O. The monoisotopic (exact) mass is 1150 g/mol. The highest BCUT2D eigenvalue weighted by Crippen LogP contribution is 2.45. The lowest BCUT2D eigenvalue weighted by Gasteiger charge is -2.43. The van der Waals surface area contributed by atoms with Crippen LogP contribution in [0.4, 0.5) is 0 Å². The van der Waals surface area contributed by atoms with Gasteiger partial charge in [-0.25, -0.2) is 0 Å². The second-order valence-electron chi connectivity index (χ2n) is 26.2. The summed E-state index contributed by atoms with van der Waals surface area (Å²) >= 11 is 0. The normalized spacial score (nSPS) is 12.9. The number of benzene rings is 4. The van der Waals surface area contributed by atoms with E-state index in [4.69, 9.17) is 32.4 Å². The third-order valence-electron chi connectivity index (χ3n) is 17.8. The number of carbonyl (C=O) groups excluding carboxylic acids is 4. The summed E-state index contributed by atoms with van der Waals surface area (Å²) in [6.07, 6.45) is 15.3. The van der Waals surface area contributed by atoms with Gasteiger partial charge in [0.25, 0.3) is 0 Å². The summed E-state index contributed by atoms with van der Waals surface area (Å²) in [6.45, 7) is 49.1. The van der Waals surface area contributed by atoms with Crippen molar-refractivity contribution in [2.75, 3.05) is 0 Å². The van der Waals surface area contributed by atoms with Crippen molar-refractivity contribution < 1.29 is 37.5 Å². The first-order valence-corrected chi connectivity index (χ1v) is 33.0. The highest BCUT2D eigenvalue weighted by Gasteiger charge is 2.42. The molecule has 450 valence electrons. The van der Waals surface area contributed by atoms with Gasteiger partial charge in [-0.05, 0) is 206 Å². The van der Waals surface area contributed by atoms with E-state index in [0.29, 0.717) is 0 Å². The smallest absolute Gasteiger partial charge is 0.373 e. The van der Waals surface area contributed by atoms with E-state index in [2.05, 4.69) is 241 Å². The van der Waals surface area contributed by atoms with Crippen molar-refractivity contribution in [3.05, 3.63) is 177 Å². The molecule has 0 aliphatic rings. The van der Waals surface area contributed by atoms with Gasteiger partial charge in [-0.3, -0.25) is 0 Å². The number of aliphatic hydroxyl groups excluding tert-OH is 1. The Kier molecular flexibility index (Phi) is 26.6. The summed E-state index contributed by atoms with van der Waals surface area (Å²) in [4.78, 5) is 32.5. The average Bonchev–Trinajstić information content (AvgIpc) is 4.25. The van der Waals surface area contributed by atoms with Crippen LogP contribution >= 0.6 is 0 Å². The van der Waals surface area contributed by atoms with Gasteiger partial charge < -0.3 is 18.4 Å². The van der Waals surface area contributed by atoms with Crippen molar-refractivity contribution in [1.82, 2.24) is 0 Å². The Morgan fingerprint density at radius 1 is 0.542 bits per heavy atom. The lowest BCUT2D eigenvalue weighted by Crippen LogP contribution is -2.47. The van der Waals surface area contributed by atoms with Gasteiger partial charge in [-0.2, -0.15) is 19.2 Å². The second kappa shape index (κ2) is 31.1. The van der Waals surface area contributed by atoms with Crippen molar-refractivity contribution >= 4 is 32.8 Å². The molecule has 0 saturated carbocycles. The van der Waals surface area contributed by atoms with E-state index in [0.717, 1.165) is 86.4 Å². The minimum absolute atomic E-state index is 0.0237. The fourth-order valence-electron chi connectivity index (χ4n) is 11.1. The summed E-state index contributed by atoms with van der Waals surface area (Å²) in [5, 5.41) is 10.7. The quantitative estimate of drug-likeness (QED) is 0.0707. The molecule has 0 aliphatic carbocycles. The van der Waals surface area contributed by atoms with Crippen LogP contribution in [0.2, 0.25) is 18.1 Å². The molecule has 4 aromatic carbocycles. The van der Waals surface area contributed by atoms with Crippen LogP contribution in [0.5, 0.6) is 0 Å². The summed E-state index contributed by atoms with van der Waals surface area (Å²) in [5.41, 5.74) is 15.7. The molecule has 0 bridgehead atoms. The van der Waals surface area contributed by atoms with Gasteiger partial charge in [0, 0.05) is 22.0 Å². The van der Waals surface area contributed by atoms with Crippen molar-refractivity contribution in [2.45, 2.75) is 224 Å². The van der Waals surface area contributed by atoms with Gasteiger partial charge in [-0.15, -0.1) is 0 Å². The Labute approximate surface area is 501 Å². The Balaban J connectivity index is 0.000000406. The molecule has 1 N–H and O–H groups in total. The number of aliphatic hydroxyl groups is 1. The third-order valence-corrected chi connectivity index (χ3v) is 22.3. The van der Waals surface area contributed by atoms with E-state index >= 15 is 0 Å². The summed E-state index contributed by atoms with van der Waals surface area (Å²) in [6, 6.07) is 36.1. The first kappa shape index (κ1) is 71.1. The van der Waals surface area contributed by atoms with Crippen LogP contribution in [0.1, 0.15) is 209 Å². The molecule has 0 spiro atoms. The van der Waals surface area contributed by atoms with E-state index in [1.54, 1.807) is 6.08 Å². The zero-order chi connectivity index (χ0) is 62.7. The van der Waals surface area contributed by atoms with Crippen molar-refractivity contribution in [3.8, 4) is 22.6 Å². The highest BCUT2D eigenvalue weighted by molar-refractivity contribution is 6.74. The van der Waals surface area contributed by atoms with Gasteiger partial charge in [0.1, 0.15) is 23.0 Å². The fraction of sp³-hybridized carbons (Fsp3) is 0.486. The minimum atomic E-state index is -1.85. The summed E-state index contributed by atoms with van der Waals surface area (Å²) in [5.74, 6) is 3.52. The van der Waals surface area contributed by atoms with Crippen LogP contribution in [-0.2, 0) is 47.3 Å². The Morgan fingerprint density at radius 2 is 0.916 bits per heavy atom. The number of rotatable bonds is 21. The standard InChI is InChI=1S/C40H60O2Si.C32H42O2.2CO2/c1-14-17-18-34-23-25-36(41-34)35-24-22-33(28-30(35)5)40(15-2,16-3)32-21-19-31(29(4)27-32)20-26-37(38(6,7)8)42-43(12,13)39(9,10)11;1-9-27-16-18-29(34-27)28-17-15-26(21-23(28)5)32(10-2,11-3)25-14-12-24(22(4)20-25)13-19-30(33)31(6,7)8;2*2-1-3/h17-19,21-25,27-28,37H,14-16,20,26H2,1-13H3;9,12,14-18,20-21,30,33H,1,10-11,13,19H2,2-8H3;;/b18-17+;;;. The number of furan rings is 2. The van der Waals surface area contributed by atoms with Gasteiger partial charge in [0.2, 0.25) is 0 Å². The van der Waals surface area contributed by atoms with Crippen LogP contribution in [0.15, 0.2) is 119 Å². The Bertz CT molecular complexity index is 3090. The van der Waals surface area contributed by atoms with Crippen molar-refractivity contribution in [3.63, 3.8) is 0 Å². The lowest BCUT2D eigenvalue weighted by atomic mass is 9.69. The molecule has 0 fully saturated rings. The molecule has 2 heterocycles. The van der Waals surface area contributed by atoms with E-state index in [1.807, 2.05) is 12.1 Å². The molecule has 6 aromatic rings. The molecule has 2 aromatic heterocycles. The Hall–Kier alpha value is -6.18.